The molecule has 0 amide bonds. The molecule has 2 unspecified atom stereocenters. The first-order valence-corrected chi connectivity index (χ1v) is 8.36. The summed E-state index contributed by atoms with van der Waals surface area (Å²) in [5.41, 5.74) is 2.47. The van der Waals surface area contributed by atoms with E-state index in [4.69, 9.17) is 4.98 Å². The van der Waals surface area contributed by atoms with Gasteiger partial charge in [0.05, 0.1) is 0 Å². The van der Waals surface area contributed by atoms with E-state index in [0.29, 0.717) is 6.04 Å². The van der Waals surface area contributed by atoms with E-state index in [1.807, 2.05) is 0 Å². The summed E-state index contributed by atoms with van der Waals surface area (Å²) in [4.78, 5) is 10.00. The molecule has 0 bridgehead atoms. The van der Waals surface area contributed by atoms with Crippen molar-refractivity contribution in [1.82, 2.24) is 15.2 Å². The van der Waals surface area contributed by atoms with Crippen molar-refractivity contribution in [1.29, 1.82) is 0 Å². The smallest absolute Gasteiger partial charge is 0.129 e. The Balaban J connectivity index is 1.80. The van der Waals surface area contributed by atoms with Crippen LogP contribution in [0, 0.1) is 6.92 Å². The molecule has 21 heavy (non-hydrogen) atoms. The first kappa shape index (κ1) is 14.8. The lowest BCUT2D eigenvalue weighted by molar-refractivity contribution is 0.202. The quantitative estimate of drug-likeness (QED) is 0.920. The molecule has 0 aliphatic carbocycles. The molecule has 2 atom stereocenters. The highest BCUT2D eigenvalue weighted by Gasteiger charge is 2.34. The van der Waals surface area contributed by atoms with Crippen molar-refractivity contribution in [3.8, 4) is 0 Å². The zero-order valence-electron chi connectivity index (χ0n) is 13.6. The van der Waals surface area contributed by atoms with Crippen molar-refractivity contribution in [3.63, 3.8) is 0 Å². The second kappa shape index (κ2) is 6.32. The van der Waals surface area contributed by atoms with Crippen LogP contribution < -0.4 is 10.2 Å². The SMILES string of the molecule is CCNCc1cc(C)nc(N2CC3CCCN3CC2C)c1. The maximum Gasteiger partial charge on any atom is 0.129 e. The Morgan fingerprint density at radius 2 is 2.19 bits per heavy atom. The third kappa shape index (κ3) is 3.22. The lowest BCUT2D eigenvalue weighted by atomic mass is 10.1. The van der Waals surface area contributed by atoms with Crippen molar-refractivity contribution in [2.75, 3.05) is 31.1 Å². The molecule has 1 N–H and O–H groups in total. The third-order valence-corrected chi connectivity index (χ3v) is 4.81. The maximum atomic E-state index is 4.81. The van der Waals surface area contributed by atoms with Gasteiger partial charge in [0.15, 0.2) is 0 Å². The predicted octanol–water partition coefficient (Wildman–Crippen LogP) is 2.17. The summed E-state index contributed by atoms with van der Waals surface area (Å²) in [5.74, 6) is 1.17. The fourth-order valence-electron chi connectivity index (χ4n) is 3.75. The van der Waals surface area contributed by atoms with Gasteiger partial charge in [-0.15, -0.1) is 0 Å². The van der Waals surface area contributed by atoms with Crippen molar-refractivity contribution >= 4 is 5.82 Å². The topological polar surface area (TPSA) is 31.4 Å². The zero-order chi connectivity index (χ0) is 14.8. The molecule has 0 aromatic carbocycles. The van der Waals surface area contributed by atoms with Gasteiger partial charge < -0.3 is 10.2 Å². The zero-order valence-corrected chi connectivity index (χ0v) is 13.6. The number of nitrogens with one attached hydrogen (secondary N) is 1. The van der Waals surface area contributed by atoms with Gasteiger partial charge >= 0.3 is 0 Å². The Kier molecular flexibility index (Phi) is 4.45. The van der Waals surface area contributed by atoms with E-state index < -0.39 is 0 Å². The summed E-state index contributed by atoms with van der Waals surface area (Å²) in [6, 6.07) is 5.76. The number of aryl methyl sites for hydroxylation is 1. The second-order valence-corrected chi connectivity index (χ2v) is 6.55. The summed E-state index contributed by atoms with van der Waals surface area (Å²) in [6.07, 6.45) is 2.71. The number of aromatic nitrogens is 1. The van der Waals surface area contributed by atoms with E-state index in [1.165, 1.54) is 37.3 Å². The average Bonchev–Trinajstić information content (AvgIpc) is 2.90. The minimum atomic E-state index is 0.556. The molecule has 0 spiro atoms. The van der Waals surface area contributed by atoms with Crippen LogP contribution in [-0.2, 0) is 6.54 Å². The molecule has 116 valence electrons. The normalized spacial score (nSPS) is 26.1. The average molecular weight is 288 g/mol. The first-order chi connectivity index (χ1) is 10.2. The molecule has 2 saturated heterocycles. The van der Waals surface area contributed by atoms with Gasteiger partial charge in [-0.25, -0.2) is 4.98 Å². The fraction of sp³-hybridized carbons (Fsp3) is 0.706. The molecular weight excluding hydrogens is 260 g/mol. The van der Waals surface area contributed by atoms with Gasteiger partial charge in [0, 0.05) is 37.4 Å². The van der Waals surface area contributed by atoms with Crippen LogP contribution in [0.5, 0.6) is 0 Å². The van der Waals surface area contributed by atoms with Gasteiger partial charge in [0.2, 0.25) is 0 Å². The fourth-order valence-corrected chi connectivity index (χ4v) is 3.75. The highest BCUT2D eigenvalue weighted by atomic mass is 15.3. The van der Waals surface area contributed by atoms with Crippen LogP contribution in [0.15, 0.2) is 12.1 Å². The number of anilines is 1. The third-order valence-electron chi connectivity index (χ3n) is 4.81. The van der Waals surface area contributed by atoms with E-state index in [9.17, 15) is 0 Å². The van der Waals surface area contributed by atoms with Crippen LogP contribution >= 0.6 is 0 Å². The van der Waals surface area contributed by atoms with Gasteiger partial charge in [-0.05, 0) is 57.5 Å². The number of fused-ring (bicyclic) bond motifs is 1. The van der Waals surface area contributed by atoms with Crippen LogP contribution in [0.2, 0.25) is 0 Å². The summed E-state index contributed by atoms with van der Waals surface area (Å²) >= 11 is 0. The standard InChI is InChI=1S/C17H28N4/c1-4-18-10-15-8-13(2)19-17(9-15)21-12-16-6-5-7-20(16)11-14(21)3/h8-9,14,16,18H,4-7,10-12H2,1-3H3. The van der Waals surface area contributed by atoms with Gasteiger partial charge in [-0.1, -0.05) is 6.92 Å². The highest BCUT2D eigenvalue weighted by molar-refractivity contribution is 5.45. The molecule has 0 saturated carbocycles. The molecular formula is C17H28N4. The molecule has 2 aliphatic heterocycles. The Bertz CT molecular complexity index is 488. The number of rotatable bonds is 4. The van der Waals surface area contributed by atoms with Crippen LogP contribution in [-0.4, -0.2) is 48.1 Å². The van der Waals surface area contributed by atoms with Gasteiger partial charge in [-0.2, -0.15) is 0 Å². The van der Waals surface area contributed by atoms with Gasteiger partial charge in [0.25, 0.3) is 0 Å². The monoisotopic (exact) mass is 288 g/mol. The van der Waals surface area contributed by atoms with E-state index >= 15 is 0 Å². The van der Waals surface area contributed by atoms with Gasteiger partial charge in [-0.3, -0.25) is 4.90 Å². The Hall–Kier alpha value is -1.13. The van der Waals surface area contributed by atoms with E-state index in [-0.39, 0.29) is 0 Å². The van der Waals surface area contributed by atoms with Crippen molar-refractivity contribution in [3.05, 3.63) is 23.4 Å². The summed E-state index contributed by atoms with van der Waals surface area (Å²) in [6.45, 7) is 12.1. The number of piperazine rings is 1. The second-order valence-electron chi connectivity index (χ2n) is 6.55. The Morgan fingerprint density at radius 3 is 3.00 bits per heavy atom. The van der Waals surface area contributed by atoms with Crippen LogP contribution in [0.1, 0.15) is 37.9 Å². The Labute approximate surface area is 128 Å². The minimum absolute atomic E-state index is 0.556. The molecule has 3 rings (SSSR count). The molecule has 1 aromatic heterocycles. The minimum Gasteiger partial charge on any atom is -0.351 e. The van der Waals surface area contributed by atoms with E-state index in [2.05, 4.69) is 48.0 Å². The highest BCUT2D eigenvalue weighted by Crippen LogP contribution is 2.28. The summed E-state index contributed by atoms with van der Waals surface area (Å²) in [5, 5.41) is 3.42. The number of nitrogens with zero attached hydrogens (tertiary/aromatic N) is 3. The summed E-state index contributed by atoms with van der Waals surface area (Å²) in [7, 11) is 0. The lowest BCUT2D eigenvalue weighted by Crippen LogP contribution is -2.55. The largest absolute Gasteiger partial charge is 0.351 e. The molecule has 0 radical (unpaired) electrons. The summed E-state index contributed by atoms with van der Waals surface area (Å²) < 4.78 is 0. The maximum absolute atomic E-state index is 4.81. The van der Waals surface area contributed by atoms with Crippen LogP contribution in [0.25, 0.3) is 0 Å². The molecule has 3 heterocycles. The molecule has 2 aliphatic rings. The Morgan fingerprint density at radius 1 is 1.33 bits per heavy atom. The van der Waals surface area contributed by atoms with E-state index in [1.54, 1.807) is 0 Å². The van der Waals surface area contributed by atoms with E-state index in [0.717, 1.165) is 31.4 Å². The number of pyridine rings is 1. The molecule has 4 nitrogen and oxygen atoms in total. The molecule has 4 heteroatoms. The number of hydrogen-bond donors (Lipinski definition) is 1. The first-order valence-electron chi connectivity index (χ1n) is 8.36. The van der Waals surface area contributed by atoms with Crippen molar-refractivity contribution in [2.24, 2.45) is 0 Å². The van der Waals surface area contributed by atoms with Crippen LogP contribution in [0.4, 0.5) is 5.82 Å². The van der Waals surface area contributed by atoms with Crippen LogP contribution in [0.3, 0.4) is 0 Å². The molecule has 2 fully saturated rings. The molecule has 1 aromatic rings. The van der Waals surface area contributed by atoms with Crippen molar-refractivity contribution in [2.45, 2.75) is 52.2 Å². The lowest BCUT2D eigenvalue weighted by Gasteiger charge is -2.43. The van der Waals surface area contributed by atoms with Crippen molar-refractivity contribution < 1.29 is 0 Å². The number of hydrogen-bond acceptors (Lipinski definition) is 4. The predicted molar refractivity (Wildman–Crippen MR) is 87.8 cm³/mol. The van der Waals surface area contributed by atoms with Gasteiger partial charge in [0.1, 0.15) is 5.82 Å².